The number of fused-ring (bicyclic) bond motifs is 4. The molecule has 5 aliphatic rings. The van der Waals surface area contributed by atoms with E-state index in [-0.39, 0.29) is 27.9 Å². The van der Waals surface area contributed by atoms with Gasteiger partial charge < -0.3 is 14.7 Å². The van der Waals surface area contributed by atoms with Crippen molar-refractivity contribution in [1.29, 1.82) is 0 Å². The molecule has 3 fully saturated rings. The maximum atomic E-state index is 12.4. The predicted octanol–water partition coefficient (Wildman–Crippen LogP) is 6.59. The van der Waals surface area contributed by atoms with E-state index in [0.717, 1.165) is 64.8 Å². The zero-order chi connectivity index (χ0) is 27.6. The van der Waals surface area contributed by atoms with Gasteiger partial charge in [0.15, 0.2) is 5.78 Å². The van der Waals surface area contributed by atoms with E-state index < -0.39 is 5.60 Å². The van der Waals surface area contributed by atoms with Crippen molar-refractivity contribution in [2.75, 3.05) is 31.2 Å². The number of hydrogen-bond acceptors (Lipinski definition) is 4. The molecule has 1 heterocycles. The molecule has 0 bridgehead atoms. The predicted molar refractivity (Wildman–Crippen MR) is 157 cm³/mol. The molecule has 0 spiro atoms. The van der Waals surface area contributed by atoms with Crippen LogP contribution in [0.1, 0.15) is 91.0 Å². The molecule has 1 aromatic carbocycles. The van der Waals surface area contributed by atoms with Crippen molar-refractivity contribution in [3.8, 4) is 11.8 Å². The molecule has 0 aromatic heterocycles. The lowest BCUT2D eigenvalue weighted by atomic mass is 9.45. The molecule has 4 aliphatic carbocycles. The summed E-state index contributed by atoms with van der Waals surface area (Å²) in [6.45, 7) is 14.6. The first-order valence-corrected chi connectivity index (χ1v) is 15.1. The number of aliphatic hydroxyl groups is 1. The minimum Gasteiger partial charge on any atom is -0.378 e. The van der Waals surface area contributed by atoms with E-state index in [0.29, 0.717) is 12.3 Å². The number of anilines is 1. The standard InChI is InChI=1S/C35H45NO3/c1-32(2,3)16-17-35(38)15-13-30-33(4)14-12-25-22-27(37)10-11-28(25)31(33)29(23-34(30,35)5)24-6-8-26(9-7-24)36-18-20-39-21-19-36/h6-9,22,29-30,38H,10-15,18-21,23H2,1-5H3/t29-,30+,33+,34+,35-/m1/s1. The number of morpholine rings is 1. The Hall–Kier alpha value is -2.35. The van der Waals surface area contributed by atoms with E-state index in [2.05, 4.69) is 75.6 Å². The lowest BCUT2D eigenvalue weighted by Gasteiger charge is -2.59. The fraction of sp³-hybridized carbons (Fsp3) is 0.629. The second-order valence-electron chi connectivity index (χ2n) is 14.3. The molecule has 1 aliphatic heterocycles. The summed E-state index contributed by atoms with van der Waals surface area (Å²) in [5.41, 5.74) is 5.41. The second-order valence-corrected chi connectivity index (χ2v) is 14.3. The van der Waals surface area contributed by atoms with E-state index in [9.17, 15) is 9.90 Å². The average Bonchev–Trinajstić information content (AvgIpc) is 3.18. The Bertz CT molecular complexity index is 1280. The molecular weight excluding hydrogens is 482 g/mol. The maximum absolute atomic E-state index is 12.4. The number of rotatable bonds is 2. The Labute approximate surface area is 234 Å². The average molecular weight is 528 g/mol. The molecule has 1 saturated heterocycles. The van der Waals surface area contributed by atoms with Crippen molar-refractivity contribution in [2.24, 2.45) is 22.2 Å². The molecule has 1 aromatic rings. The van der Waals surface area contributed by atoms with Gasteiger partial charge in [-0.25, -0.2) is 0 Å². The Morgan fingerprint density at radius 3 is 2.44 bits per heavy atom. The maximum Gasteiger partial charge on any atom is 0.156 e. The third-order valence-electron chi connectivity index (χ3n) is 10.8. The number of ether oxygens (including phenoxy) is 1. The monoisotopic (exact) mass is 527 g/mol. The summed E-state index contributed by atoms with van der Waals surface area (Å²) in [7, 11) is 0. The molecule has 5 atom stereocenters. The van der Waals surface area contributed by atoms with Gasteiger partial charge in [-0.05, 0) is 106 Å². The van der Waals surface area contributed by atoms with Crippen LogP contribution in [0.4, 0.5) is 5.69 Å². The first kappa shape index (κ1) is 26.9. The zero-order valence-electron chi connectivity index (χ0n) is 24.5. The summed E-state index contributed by atoms with van der Waals surface area (Å²) in [5.74, 6) is 7.73. The number of carbonyl (C=O) groups is 1. The molecule has 4 nitrogen and oxygen atoms in total. The van der Waals surface area contributed by atoms with Crippen LogP contribution in [0.25, 0.3) is 0 Å². The normalized spacial score (nSPS) is 36.4. The van der Waals surface area contributed by atoms with Crippen molar-refractivity contribution < 1.29 is 14.6 Å². The zero-order valence-corrected chi connectivity index (χ0v) is 24.5. The van der Waals surface area contributed by atoms with Crippen LogP contribution in [0.2, 0.25) is 0 Å². The van der Waals surface area contributed by atoms with Gasteiger partial charge >= 0.3 is 0 Å². The van der Waals surface area contributed by atoms with Crippen LogP contribution in [0.3, 0.4) is 0 Å². The highest BCUT2D eigenvalue weighted by Gasteiger charge is 2.66. The Balaban J connectivity index is 1.47. The van der Waals surface area contributed by atoms with Gasteiger partial charge in [-0.1, -0.05) is 43.4 Å². The van der Waals surface area contributed by atoms with Gasteiger partial charge in [0.05, 0.1) is 13.2 Å². The molecule has 0 radical (unpaired) electrons. The smallest absolute Gasteiger partial charge is 0.156 e. The highest BCUT2D eigenvalue weighted by atomic mass is 16.5. The van der Waals surface area contributed by atoms with Crippen LogP contribution in [0.5, 0.6) is 0 Å². The number of allylic oxidation sites excluding steroid dienone is 4. The first-order chi connectivity index (χ1) is 18.4. The molecule has 0 unspecified atom stereocenters. The molecule has 2 saturated carbocycles. The van der Waals surface area contributed by atoms with E-state index in [1.807, 2.05) is 6.08 Å². The fourth-order valence-corrected chi connectivity index (χ4v) is 8.76. The van der Waals surface area contributed by atoms with Gasteiger partial charge in [-0.2, -0.15) is 0 Å². The Morgan fingerprint density at radius 1 is 1.03 bits per heavy atom. The minimum atomic E-state index is -0.991. The van der Waals surface area contributed by atoms with Crippen LogP contribution in [0, 0.1) is 34.0 Å². The highest BCUT2D eigenvalue weighted by Crippen LogP contribution is 2.71. The lowest BCUT2D eigenvalue weighted by molar-refractivity contribution is -0.114. The molecule has 0 amide bonds. The molecular formula is C35H45NO3. The number of nitrogens with zero attached hydrogens (tertiary/aromatic N) is 1. The number of ketones is 1. The Morgan fingerprint density at radius 2 is 1.74 bits per heavy atom. The van der Waals surface area contributed by atoms with Crippen molar-refractivity contribution in [1.82, 2.24) is 0 Å². The number of benzene rings is 1. The number of hydrogen-bond donors (Lipinski definition) is 1. The van der Waals surface area contributed by atoms with Crippen LogP contribution >= 0.6 is 0 Å². The first-order valence-electron chi connectivity index (χ1n) is 15.1. The summed E-state index contributed by atoms with van der Waals surface area (Å²) >= 11 is 0. The summed E-state index contributed by atoms with van der Waals surface area (Å²) in [5, 5.41) is 12.3. The SMILES string of the molecule is CC(C)(C)C#C[C@]1(O)CC[C@@H]2[C@]1(C)C[C@H](c1ccc(N3CCOCC3)cc1)C1=C3CCC(=O)C=C3CC[C@]12C. The Kier molecular flexibility index (Phi) is 6.44. The third kappa shape index (κ3) is 4.41. The fourth-order valence-electron chi connectivity index (χ4n) is 8.76. The van der Waals surface area contributed by atoms with Gasteiger partial charge in [0.1, 0.15) is 5.60 Å². The van der Waals surface area contributed by atoms with Crippen LogP contribution in [0.15, 0.2) is 47.1 Å². The summed E-state index contributed by atoms with van der Waals surface area (Å²) in [6, 6.07) is 9.21. The second kappa shape index (κ2) is 9.35. The largest absolute Gasteiger partial charge is 0.378 e. The van der Waals surface area contributed by atoms with E-state index in [1.165, 1.54) is 22.4 Å². The molecule has 39 heavy (non-hydrogen) atoms. The van der Waals surface area contributed by atoms with Crippen LogP contribution < -0.4 is 4.90 Å². The molecule has 208 valence electrons. The minimum absolute atomic E-state index is 0.0124. The quantitative estimate of drug-likeness (QED) is 0.441. The summed E-state index contributed by atoms with van der Waals surface area (Å²) in [6.07, 6.45) is 8.04. The van der Waals surface area contributed by atoms with Gasteiger partial charge in [-0.3, -0.25) is 4.79 Å². The summed E-state index contributed by atoms with van der Waals surface area (Å²) in [4.78, 5) is 14.8. The highest BCUT2D eigenvalue weighted by molar-refractivity contribution is 5.93. The topological polar surface area (TPSA) is 49.8 Å². The van der Waals surface area contributed by atoms with Crippen molar-refractivity contribution in [2.45, 2.75) is 91.1 Å². The van der Waals surface area contributed by atoms with Crippen molar-refractivity contribution >= 4 is 11.5 Å². The van der Waals surface area contributed by atoms with Gasteiger partial charge in [0.25, 0.3) is 0 Å². The van der Waals surface area contributed by atoms with E-state index >= 15 is 0 Å². The van der Waals surface area contributed by atoms with Crippen molar-refractivity contribution in [3.05, 3.63) is 52.6 Å². The molecule has 4 heteroatoms. The lowest BCUT2D eigenvalue weighted by Crippen LogP contribution is -2.54. The third-order valence-corrected chi connectivity index (χ3v) is 10.8. The number of carbonyl (C=O) groups excluding carboxylic acids is 1. The van der Waals surface area contributed by atoms with Crippen molar-refractivity contribution in [3.63, 3.8) is 0 Å². The van der Waals surface area contributed by atoms with Crippen LogP contribution in [-0.4, -0.2) is 42.8 Å². The van der Waals surface area contributed by atoms with Crippen LogP contribution in [-0.2, 0) is 9.53 Å². The summed E-state index contributed by atoms with van der Waals surface area (Å²) < 4.78 is 5.57. The van der Waals surface area contributed by atoms with E-state index in [4.69, 9.17) is 4.74 Å². The van der Waals surface area contributed by atoms with Gasteiger partial charge in [-0.15, -0.1) is 0 Å². The van der Waals surface area contributed by atoms with Gasteiger partial charge in [0.2, 0.25) is 0 Å². The van der Waals surface area contributed by atoms with E-state index in [1.54, 1.807) is 5.57 Å². The molecule has 1 N–H and O–H groups in total. The molecule has 6 rings (SSSR count). The van der Waals surface area contributed by atoms with Gasteiger partial charge in [0, 0.05) is 41.9 Å².